The maximum absolute atomic E-state index is 11.9. The molecule has 1 aromatic rings. The second kappa shape index (κ2) is 5.52. The highest BCUT2D eigenvalue weighted by atomic mass is 79.9. The number of nitrogens with one attached hydrogen (secondary N) is 1. The molecule has 1 heterocycles. The molecule has 0 aliphatic rings. The Balaban J connectivity index is 2.74. The van der Waals surface area contributed by atoms with E-state index >= 15 is 0 Å². The lowest BCUT2D eigenvalue weighted by Gasteiger charge is -2.10. The van der Waals surface area contributed by atoms with Crippen molar-refractivity contribution in [2.24, 2.45) is 0 Å². The molecule has 17 heavy (non-hydrogen) atoms. The summed E-state index contributed by atoms with van der Waals surface area (Å²) in [4.78, 5) is 11.6. The molecule has 0 saturated heterocycles. The van der Waals surface area contributed by atoms with Crippen LogP contribution in [0.5, 0.6) is 0 Å². The summed E-state index contributed by atoms with van der Waals surface area (Å²) >= 11 is 3.04. The highest BCUT2D eigenvalue weighted by Crippen LogP contribution is 2.21. The first-order valence-electron chi connectivity index (χ1n) is 4.91. The Kier molecular flexibility index (Phi) is 4.55. The molecule has 0 bridgehead atoms. The van der Waals surface area contributed by atoms with Gasteiger partial charge in [0, 0.05) is 13.1 Å². The average Bonchev–Trinajstić information content (AvgIpc) is 2.23. The molecule has 0 aliphatic heterocycles. The van der Waals surface area contributed by atoms with Gasteiger partial charge in [0.2, 0.25) is 0 Å². The standard InChI is InChI=1S/C9H11BrF3N3O/c1-2-16-8(17)7(10)6(5-15-16)14-4-3-9(11,12)13/h5,14H,2-4H2,1H3. The van der Waals surface area contributed by atoms with Crippen molar-refractivity contribution in [3.63, 3.8) is 0 Å². The van der Waals surface area contributed by atoms with E-state index in [2.05, 4.69) is 26.3 Å². The molecule has 1 rings (SSSR count). The molecule has 1 N–H and O–H groups in total. The number of aryl methyl sites for hydroxylation is 1. The summed E-state index contributed by atoms with van der Waals surface area (Å²) in [6.45, 7) is 1.86. The van der Waals surface area contributed by atoms with Crippen LogP contribution in [0, 0.1) is 0 Å². The van der Waals surface area contributed by atoms with Gasteiger partial charge in [-0.15, -0.1) is 0 Å². The summed E-state index contributed by atoms with van der Waals surface area (Å²) in [5, 5.41) is 6.32. The Morgan fingerprint density at radius 2 is 2.18 bits per heavy atom. The number of rotatable bonds is 4. The number of hydrogen-bond donors (Lipinski definition) is 1. The van der Waals surface area contributed by atoms with E-state index in [-0.39, 0.29) is 22.3 Å². The first kappa shape index (κ1) is 14.0. The highest BCUT2D eigenvalue weighted by molar-refractivity contribution is 9.10. The van der Waals surface area contributed by atoms with Crippen LogP contribution in [0.15, 0.2) is 15.5 Å². The number of anilines is 1. The van der Waals surface area contributed by atoms with E-state index in [4.69, 9.17) is 0 Å². The molecule has 4 nitrogen and oxygen atoms in total. The normalized spacial score (nSPS) is 11.6. The van der Waals surface area contributed by atoms with Crippen molar-refractivity contribution < 1.29 is 13.2 Å². The lowest BCUT2D eigenvalue weighted by molar-refractivity contribution is -0.131. The largest absolute Gasteiger partial charge is 0.390 e. The van der Waals surface area contributed by atoms with Crippen molar-refractivity contribution in [3.8, 4) is 0 Å². The molecular formula is C9H11BrF3N3O. The van der Waals surface area contributed by atoms with Gasteiger partial charge in [0.1, 0.15) is 4.47 Å². The quantitative estimate of drug-likeness (QED) is 0.928. The summed E-state index contributed by atoms with van der Waals surface area (Å²) in [5.41, 5.74) is -0.103. The molecule has 0 unspecified atom stereocenters. The zero-order chi connectivity index (χ0) is 13.1. The maximum atomic E-state index is 11.9. The molecule has 0 fully saturated rings. The molecule has 0 aromatic carbocycles. The van der Waals surface area contributed by atoms with Crippen molar-refractivity contribution >= 4 is 21.6 Å². The second-order valence-electron chi connectivity index (χ2n) is 3.29. The minimum Gasteiger partial charge on any atom is -0.382 e. The summed E-state index contributed by atoms with van der Waals surface area (Å²) in [7, 11) is 0. The van der Waals surface area contributed by atoms with Crippen molar-refractivity contribution in [1.82, 2.24) is 9.78 Å². The summed E-state index contributed by atoms with van der Waals surface area (Å²) in [6, 6.07) is 0. The number of halogens is 4. The van der Waals surface area contributed by atoms with Crippen molar-refractivity contribution in [2.45, 2.75) is 26.1 Å². The fourth-order valence-corrected chi connectivity index (χ4v) is 1.60. The van der Waals surface area contributed by atoms with Gasteiger partial charge in [-0.2, -0.15) is 18.3 Å². The average molecular weight is 314 g/mol. The van der Waals surface area contributed by atoms with Gasteiger partial charge < -0.3 is 5.32 Å². The Morgan fingerprint density at radius 3 is 2.71 bits per heavy atom. The molecule has 0 atom stereocenters. The van der Waals surface area contributed by atoms with Gasteiger partial charge in [-0.25, -0.2) is 4.68 Å². The Hall–Kier alpha value is -1.05. The van der Waals surface area contributed by atoms with E-state index in [1.807, 2.05) is 0 Å². The van der Waals surface area contributed by atoms with Crippen LogP contribution in [0.1, 0.15) is 13.3 Å². The van der Waals surface area contributed by atoms with Gasteiger partial charge in [0.05, 0.1) is 18.3 Å². The molecule has 0 saturated carbocycles. The second-order valence-corrected chi connectivity index (χ2v) is 4.08. The van der Waals surface area contributed by atoms with Gasteiger partial charge in [0.15, 0.2) is 0 Å². The molecule has 1 aromatic heterocycles. The van der Waals surface area contributed by atoms with Crippen LogP contribution in [0.4, 0.5) is 18.9 Å². The minimum absolute atomic E-state index is 0.191. The van der Waals surface area contributed by atoms with Crippen molar-refractivity contribution in [1.29, 1.82) is 0 Å². The number of alkyl halides is 3. The minimum atomic E-state index is -4.22. The van der Waals surface area contributed by atoms with Crippen LogP contribution in [-0.4, -0.2) is 22.5 Å². The Morgan fingerprint density at radius 1 is 1.53 bits per heavy atom. The van der Waals surface area contributed by atoms with Crippen LogP contribution in [0.3, 0.4) is 0 Å². The van der Waals surface area contributed by atoms with Crippen LogP contribution >= 0.6 is 15.9 Å². The van der Waals surface area contributed by atoms with E-state index in [0.29, 0.717) is 6.54 Å². The zero-order valence-electron chi connectivity index (χ0n) is 9.01. The maximum Gasteiger partial charge on any atom is 0.390 e. The van der Waals surface area contributed by atoms with E-state index in [1.165, 1.54) is 10.9 Å². The Bertz CT molecular complexity index is 444. The van der Waals surface area contributed by atoms with Gasteiger partial charge >= 0.3 is 6.18 Å². The first-order chi connectivity index (χ1) is 7.85. The predicted molar refractivity (Wildman–Crippen MR) is 61.0 cm³/mol. The third kappa shape index (κ3) is 4.03. The van der Waals surface area contributed by atoms with Gasteiger partial charge in [-0.1, -0.05) is 0 Å². The lowest BCUT2D eigenvalue weighted by Crippen LogP contribution is -2.24. The van der Waals surface area contributed by atoms with Crippen molar-refractivity contribution in [3.05, 3.63) is 21.0 Å². The Labute approximate surface area is 104 Å². The molecule has 0 amide bonds. The van der Waals surface area contributed by atoms with E-state index < -0.39 is 12.6 Å². The predicted octanol–water partition coefficient (Wildman–Crippen LogP) is 2.39. The number of hydrogen-bond acceptors (Lipinski definition) is 3. The van der Waals surface area contributed by atoms with E-state index in [1.54, 1.807) is 6.92 Å². The number of nitrogens with zero attached hydrogens (tertiary/aromatic N) is 2. The molecule has 0 spiro atoms. The molecule has 8 heteroatoms. The van der Waals surface area contributed by atoms with Crippen molar-refractivity contribution in [2.75, 3.05) is 11.9 Å². The van der Waals surface area contributed by atoms with Crippen LogP contribution in [-0.2, 0) is 6.54 Å². The first-order valence-corrected chi connectivity index (χ1v) is 5.70. The lowest BCUT2D eigenvalue weighted by atomic mass is 10.4. The highest BCUT2D eigenvalue weighted by Gasteiger charge is 2.26. The topological polar surface area (TPSA) is 46.9 Å². The SMILES string of the molecule is CCn1ncc(NCCC(F)(F)F)c(Br)c1=O. The summed E-state index contributed by atoms with van der Waals surface area (Å²) in [5.74, 6) is 0. The number of aromatic nitrogens is 2. The molecule has 0 radical (unpaired) electrons. The fraction of sp³-hybridized carbons (Fsp3) is 0.556. The summed E-state index contributed by atoms with van der Waals surface area (Å²) < 4.78 is 37.2. The zero-order valence-corrected chi connectivity index (χ0v) is 10.6. The third-order valence-electron chi connectivity index (χ3n) is 2.01. The molecule has 0 aliphatic carbocycles. The van der Waals surface area contributed by atoms with Gasteiger partial charge in [-0.3, -0.25) is 4.79 Å². The van der Waals surface area contributed by atoms with Crippen LogP contribution in [0.25, 0.3) is 0 Å². The van der Waals surface area contributed by atoms with Crippen LogP contribution < -0.4 is 10.9 Å². The fourth-order valence-electron chi connectivity index (χ4n) is 1.15. The molecule has 96 valence electrons. The van der Waals surface area contributed by atoms with Gasteiger partial charge in [-0.05, 0) is 22.9 Å². The monoisotopic (exact) mass is 313 g/mol. The third-order valence-corrected chi connectivity index (χ3v) is 2.77. The van der Waals surface area contributed by atoms with Crippen LogP contribution in [0.2, 0.25) is 0 Å². The van der Waals surface area contributed by atoms with E-state index in [9.17, 15) is 18.0 Å². The molecular weight excluding hydrogens is 303 g/mol. The van der Waals surface area contributed by atoms with E-state index in [0.717, 1.165) is 0 Å². The summed E-state index contributed by atoms with van der Waals surface area (Å²) in [6.07, 6.45) is -3.85. The van der Waals surface area contributed by atoms with Gasteiger partial charge in [0.25, 0.3) is 5.56 Å². The smallest absolute Gasteiger partial charge is 0.382 e.